The van der Waals surface area contributed by atoms with Gasteiger partial charge in [-0.05, 0) is 43.8 Å². The van der Waals surface area contributed by atoms with Crippen molar-refractivity contribution in [1.29, 1.82) is 0 Å². The van der Waals surface area contributed by atoms with Crippen molar-refractivity contribution in [3.8, 4) is 11.5 Å². The van der Waals surface area contributed by atoms with E-state index >= 15 is 0 Å². The number of ether oxygens (including phenoxy) is 1. The zero-order valence-electron chi connectivity index (χ0n) is 11.8. The molecule has 0 spiro atoms. The van der Waals surface area contributed by atoms with Crippen LogP contribution in [0.1, 0.15) is 25.5 Å². The molecule has 2 aromatic rings. The second kappa shape index (κ2) is 7.00. The van der Waals surface area contributed by atoms with Crippen molar-refractivity contribution in [2.24, 2.45) is 0 Å². The fourth-order valence-electron chi connectivity index (χ4n) is 2.04. The highest BCUT2D eigenvalue weighted by Gasteiger charge is 2.14. The van der Waals surface area contributed by atoms with Crippen LogP contribution in [-0.2, 0) is 0 Å². The Morgan fingerprint density at radius 1 is 1.14 bits per heavy atom. The zero-order chi connectivity index (χ0) is 15.4. The molecule has 0 amide bonds. The highest BCUT2D eigenvalue weighted by atomic mass is 79.9. The summed E-state index contributed by atoms with van der Waals surface area (Å²) in [5, 5.41) is 3.27. The molecule has 21 heavy (non-hydrogen) atoms. The topological polar surface area (TPSA) is 21.3 Å². The molecule has 0 aliphatic carbocycles. The summed E-state index contributed by atoms with van der Waals surface area (Å²) in [6.07, 6.45) is 0. The van der Waals surface area contributed by atoms with E-state index in [1.165, 1.54) is 0 Å². The van der Waals surface area contributed by atoms with Crippen molar-refractivity contribution in [3.63, 3.8) is 0 Å². The maximum atomic E-state index is 13.7. The molecule has 2 aromatic carbocycles. The molecule has 1 atom stereocenters. The van der Waals surface area contributed by atoms with Gasteiger partial charge in [0.2, 0.25) is 0 Å². The summed E-state index contributed by atoms with van der Waals surface area (Å²) in [7, 11) is 0. The van der Waals surface area contributed by atoms with Gasteiger partial charge in [-0.25, -0.2) is 8.78 Å². The summed E-state index contributed by atoms with van der Waals surface area (Å²) in [5.41, 5.74) is 0.870. The molecule has 0 aromatic heterocycles. The van der Waals surface area contributed by atoms with Crippen LogP contribution >= 0.6 is 15.9 Å². The molecule has 0 aliphatic rings. The van der Waals surface area contributed by atoms with Crippen LogP contribution in [0, 0.1) is 11.6 Å². The van der Waals surface area contributed by atoms with Crippen LogP contribution in [0.15, 0.2) is 40.9 Å². The average Bonchev–Trinajstić information content (AvgIpc) is 2.45. The Kier molecular flexibility index (Phi) is 5.31. The summed E-state index contributed by atoms with van der Waals surface area (Å²) in [5.74, 6) is -0.760. The van der Waals surface area contributed by atoms with Crippen LogP contribution in [0.4, 0.5) is 8.78 Å². The Morgan fingerprint density at radius 3 is 2.62 bits per heavy atom. The van der Waals surface area contributed by atoms with Gasteiger partial charge in [-0.2, -0.15) is 0 Å². The van der Waals surface area contributed by atoms with E-state index in [1.807, 2.05) is 19.9 Å². The number of rotatable bonds is 5. The van der Waals surface area contributed by atoms with Crippen molar-refractivity contribution in [3.05, 3.63) is 58.1 Å². The van der Waals surface area contributed by atoms with Gasteiger partial charge in [-0.1, -0.05) is 22.9 Å². The van der Waals surface area contributed by atoms with Crippen LogP contribution in [-0.4, -0.2) is 6.54 Å². The summed E-state index contributed by atoms with van der Waals surface area (Å²) in [6.45, 7) is 4.78. The lowest BCUT2D eigenvalue weighted by atomic mass is 10.1. The molecule has 0 saturated carbocycles. The zero-order valence-corrected chi connectivity index (χ0v) is 13.4. The summed E-state index contributed by atoms with van der Waals surface area (Å²) in [4.78, 5) is 0. The third-order valence-electron chi connectivity index (χ3n) is 3.06. The van der Waals surface area contributed by atoms with Gasteiger partial charge in [0.15, 0.2) is 11.6 Å². The maximum Gasteiger partial charge on any atom is 0.165 e. The van der Waals surface area contributed by atoms with Crippen molar-refractivity contribution >= 4 is 15.9 Å². The van der Waals surface area contributed by atoms with Crippen molar-refractivity contribution < 1.29 is 13.5 Å². The molecule has 1 N–H and O–H groups in total. The van der Waals surface area contributed by atoms with E-state index in [4.69, 9.17) is 4.74 Å². The van der Waals surface area contributed by atoms with Crippen LogP contribution in [0.2, 0.25) is 0 Å². The first kappa shape index (κ1) is 15.9. The molecular weight excluding hydrogens is 340 g/mol. The molecule has 5 heteroatoms. The third-order valence-corrected chi connectivity index (χ3v) is 3.56. The highest BCUT2D eigenvalue weighted by molar-refractivity contribution is 9.10. The number of halogens is 3. The lowest BCUT2D eigenvalue weighted by molar-refractivity contribution is 0.425. The molecule has 2 rings (SSSR count). The van der Waals surface area contributed by atoms with Gasteiger partial charge in [0.25, 0.3) is 0 Å². The smallest absolute Gasteiger partial charge is 0.165 e. The van der Waals surface area contributed by atoms with Gasteiger partial charge >= 0.3 is 0 Å². The lowest BCUT2D eigenvalue weighted by Crippen LogP contribution is -2.18. The van der Waals surface area contributed by atoms with Gasteiger partial charge in [-0.15, -0.1) is 0 Å². The first-order chi connectivity index (χ1) is 10.0. The molecule has 1 unspecified atom stereocenters. The molecule has 0 saturated heterocycles. The quantitative estimate of drug-likeness (QED) is 0.796. The standard InChI is InChI=1S/C16H16BrF2NO/c1-3-20-10(2)13-8-11(17)4-7-15(13)21-16-9-12(18)5-6-14(16)19/h4-10,20H,3H2,1-2H3. The van der Waals surface area contributed by atoms with Gasteiger partial charge in [0, 0.05) is 22.1 Å². The van der Waals surface area contributed by atoms with Gasteiger partial charge in [-0.3, -0.25) is 0 Å². The van der Waals surface area contributed by atoms with E-state index < -0.39 is 11.6 Å². The molecular formula is C16H16BrF2NO. The number of hydrogen-bond donors (Lipinski definition) is 1. The molecule has 112 valence electrons. The third kappa shape index (κ3) is 4.02. The van der Waals surface area contributed by atoms with Gasteiger partial charge in [0.1, 0.15) is 11.6 Å². The van der Waals surface area contributed by atoms with Crippen molar-refractivity contribution in [2.45, 2.75) is 19.9 Å². The van der Waals surface area contributed by atoms with Crippen LogP contribution in [0.25, 0.3) is 0 Å². The van der Waals surface area contributed by atoms with E-state index in [0.717, 1.165) is 34.8 Å². The van der Waals surface area contributed by atoms with E-state index in [9.17, 15) is 8.78 Å². The number of nitrogens with one attached hydrogen (secondary N) is 1. The summed E-state index contributed by atoms with van der Waals surface area (Å²) >= 11 is 3.41. The molecule has 0 radical (unpaired) electrons. The normalized spacial score (nSPS) is 12.2. The number of hydrogen-bond acceptors (Lipinski definition) is 2. The summed E-state index contributed by atoms with van der Waals surface area (Å²) in [6, 6.07) is 8.62. The first-order valence-corrected chi connectivity index (χ1v) is 7.46. The predicted octanol–water partition coefficient (Wildman–Crippen LogP) is 5.19. The van der Waals surface area contributed by atoms with Gasteiger partial charge in [0.05, 0.1) is 0 Å². The monoisotopic (exact) mass is 355 g/mol. The van der Waals surface area contributed by atoms with Crippen LogP contribution in [0.5, 0.6) is 11.5 Å². The summed E-state index contributed by atoms with van der Waals surface area (Å²) < 4.78 is 33.4. The number of benzene rings is 2. The minimum absolute atomic E-state index is 0.0270. The predicted molar refractivity (Wildman–Crippen MR) is 82.7 cm³/mol. The van der Waals surface area contributed by atoms with Gasteiger partial charge < -0.3 is 10.1 Å². The van der Waals surface area contributed by atoms with Crippen molar-refractivity contribution in [1.82, 2.24) is 5.32 Å². The molecule has 0 heterocycles. The molecule has 0 bridgehead atoms. The Hall–Kier alpha value is -1.46. The fourth-order valence-corrected chi connectivity index (χ4v) is 2.42. The first-order valence-electron chi connectivity index (χ1n) is 6.67. The molecule has 0 aliphatic heterocycles. The average molecular weight is 356 g/mol. The second-order valence-electron chi connectivity index (χ2n) is 4.64. The highest BCUT2D eigenvalue weighted by Crippen LogP contribution is 2.33. The molecule has 0 fully saturated rings. The van der Waals surface area contributed by atoms with E-state index in [-0.39, 0.29) is 11.8 Å². The van der Waals surface area contributed by atoms with Crippen LogP contribution < -0.4 is 10.1 Å². The molecule has 2 nitrogen and oxygen atoms in total. The van der Waals surface area contributed by atoms with Crippen LogP contribution in [0.3, 0.4) is 0 Å². The Morgan fingerprint density at radius 2 is 1.90 bits per heavy atom. The Labute approximate surface area is 131 Å². The van der Waals surface area contributed by atoms with E-state index in [2.05, 4.69) is 21.2 Å². The minimum Gasteiger partial charge on any atom is -0.454 e. The minimum atomic E-state index is -0.596. The fraction of sp³-hybridized carbons (Fsp3) is 0.250. The second-order valence-corrected chi connectivity index (χ2v) is 5.55. The Bertz CT molecular complexity index is 634. The maximum absolute atomic E-state index is 13.7. The SMILES string of the molecule is CCNC(C)c1cc(Br)ccc1Oc1cc(F)ccc1F. The van der Waals surface area contributed by atoms with E-state index in [1.54, 1.807) is 12.1 Å². The lowest BCUT2D eigenvalue weighted by Gasteiger charge is -2.18. The largest absolute Gasteiger partial charge is 0.454 e. The Balaban J connectivity index is 2.37. The van der Waals surface area contributed by atoms with E-state index in [0.29, 0.717) is 5.75 Å². The van der Waals surface area contributed by atoms with Crippen molar-refractivity contribution in [2.75, 3.05) is 6.54 Å².